The maximum absolute atomic E-state index is 13.5. The summed E-state index contributed by atoms with van der Waals surface area (Å²) < 4.78 is 56.5. The summed E-state index contributed by atoms with van der Waals surface area (Å²) >= 11 is 0.924. The van der Waals surface area contributed by atoms with Crippen LogP contribution in [0.2, 0.25) is 0 Å². The Morgan fingerprint density at radius 3 is 2.63 bits per heavy atom. The number of nitrogens with zero attached hydrogens (tertiary/aromatic N) is 3. The summed E-state index contributed by atoms with van der Waals surface area (Å²) in [5, 5.41) is 4.22. The van der Waals surface area contributed by atoms with Gasteiger partial charge in [0.15, 0.2) is 23.2 Å². The molecule has 2 aromatic rings. The van der Waals surface area contributed by atoms with Crippen molar-refractivity contribution in [1.29, 1.82) is 0 Å². The van der Waals surface area contributed by atoms with E-state index in [0.29, 0.717) is 17.5 Å². The van der Waals surface area contributed by atoms with E-state index in [4.69, 9.17) is 4.74 Å². The number of hydrogen-bond donors (Lipinski definition) is 1. The average molecular weight is 518 g/mol. The van der Waals surface area contributed by atoms with E-state index in [1.54, 1.807) is 31.1 Å². The van der Waals surface area contributed by atoms with Crippen LogP contribution in [0.25, 0.3) is 0 Å². The fraction of sp³-hybridized carbons (Fsp3) is 0.375. The van der Waals surface area contributed by atoms with Crippen LogP contribution in [0.3, 0.4) is 0 Å². The Balaban J connectivity index is 0.00000364. The van der Waals surface area contributed by atoms with Crippen molar-refractivity contribution >= 4 is 41.3 Å². The third-order valence-electron chi connectivity index (χ3n) is 3.33. The molecule has 5 nitrogen and oxygen atoms in total. The molecular weight excluding hydrogens is 499 g/mol. The Morgan fingerprint density at radius 2 is 2.04 bits per heavy atom. The topological polar surface area (TPSA) is 49.8 Å². The van der Waals surface area contributed by atoms with Gasteiger partial charge in [0.05, 0.1) is 13.1 Å². The zero-order valence-corrected chi connectivity index (χ0v) is 17.7. The summed E-state index contributed by atoms with van der Waals surface area (Å²) in [5.74, 6) is 0.180. The number of ether oxygens (including phenoxy) is 1. The van der Waals surface area contributed by atoms with Crippen LogP contribution in [0.5, 0.6) is 5.75 Å². The maximum atomic E-state index is 13.5. The molecule has 0 unspecified atom stereocenters. The van der Waals surface area contributed by atoms with Crippen molar-refractivity contribution < 1.29 is 22.3 Å². The van der Waals surface area contributed by atoms with E-state index in [1.165, 1.54) is 12.1 Å². The van der Waals surface area contributed by atoms with Crippen molar-refractivity contribution in [1.82, 2.24) is 15.2 Å². The Kier molecular flexibility index (Phi) is 9.22. The first kappa shape index (κ1) is 23.4. The zero-order chi connectivity index (χ0) is 19.2. The van der Waals surface area contributed by atoms with Crippen molar-refractivity contribution in [3.63, 3.8) is 0 Å². The van der Waals surface area contributed by atoms with Crippen LogP contribution >= 0.6 is 35.3 Å². The lowest BCUT2D eigenvalue weighted by Crippen LogP contribution is -2.40. The first-order chi connectivity index (χ1) is 12.3. The van der Waals surface area contributed by atoms with E-state index in [-0.39, 0.29) is 42.9 Å². The second kappa shape index (κ2) is 10.6. The molecule has 0 atom stereocenters. The Labute approximate surface area is 175 Å². The van der Waals surface area contributed by atoms with Crippen molar-refractivity contribution in [3.05, 3.63) is 46.2 Å². The molecule has 0 aliphatic carbocycles. The maximum Gasteiger partial charge on any atom is 0.434 e. The number of likely N-dealkylation sites (N-methyl/N-ethyl adjacent to an activating group) is 1. The van der Waals surface area contributed by atoms with Crippen LogP contribution in [-0.4, -0.2) is 43.1 Å². The van der Waals surface area contributed by atoms with E-state index >= 15 is 0 Å². The number of alkyl halides is 3. The normalized spacial score (nSPS) is 11.7. The van der Waals surface area contributed by atoms with E-state index in [0.717, 1.165) is 16.7 Å². The Bertz CT molecular complexity index is 754. The van der Waals surface area contributed by atoms with Crippen LogP contribution in [0.15, 0.2) is 34.6 Å². The van der Waals surface area contributed by atoms with Gasteiger partial charge in [-0.3, -0.25) is 4.99 Å². The van der Waals surface area contributed by atoms with E-state index in [9.17, 15) is 17.6 Å². The second-order valence-corrected chi connectivity index (χ2v) is 6.17. The number of nitrogens with one attached hydrogen (secondary N) is 1. The predicted molar refractivity (Wildman–Crippen MR) is 107 cm³/mol. The molecule has 1 aromatic heterocycles. The highest BCUT2D eigenvalue weighted by atomic mass is 127. The largest absolute Gasteiger partial charge is 0.489 e. The molecule has 27 heavy (non-hydrogen) atoms. The molecule has 1 N–H and O–H groups in total. The van der Waals surface area contributed by atoms with Gasteiger partial charge in [0.1, 0.15) is 11.6 Å². The summed E-state index contributed by atoms with van der Waals surface area (Å²) in [7, 11) is 3.29. The van der Waals surface area contributed by atoms with Gasteiger partial charge in [-0.05, 0) is 12.1 Å². The van der Waals surface area contributed by atoms with Gasteiger partial charge < -0.3 is 15.0 Å². The number of guanidine groups is 1. The first-order valence-electron chi connectivity index (χ1n) is 7.62. The number of rotatable bonds is 6. The van der Waals surface area contributed by atoms with Crippen LogP contribution in [0.4, 0.5) is 17.6 Å². The molecule has 0 bridgehead atoms. The Hall–Kier alpha value is -1.63. The van der Waals surface area contributed by atoms with E-state index in [2.05, 4.69) is 15.3 Å². The lowest BCUT2D eigenvalue weighted by atomic mass is 10.3. The third kappa shape index (κ3) is 7.13. The minimum absolute atomic E-state index is 0. The molecule has 0 fully saturated rings. The standard InChI is InChI=1S/C16H18F4N4OS.HI/c1-21-15(22-9-14-23-13(10-26-14)16(18,19)20)24(2)7-8-25-12-6-4-3-5-11(12)17;/h3-6,10H,7-9H2,1-2H3,(H,21,22);1H. The molecule has 1 aromatic carbocycles. The smallest absolute Gasteiger partial charge is 0.434 e. The SMILES string of the molecule is CN=C(NCc1nc(C(F)(F)F)cs1)N(C)CCOc1ccccc1F.I. The first-order valence-corrected chi connectivity index (χ1v) is 8.50. The van der Waals surface area contributed by atoms with Gasteiger partial charge >= 0.3 is 6.18 Å². The highest BCUT2D eigenvalue weighted by Crippen LogP contribution is 2.29. The third-order valence-corrected chi connectivity index (χ3v) is 4.18. The fourth-order valence-corrected chi connectivity index (χ4v) is 2.76. The molecule has 0 saturated carbocycles. The predicted octanol–water partition coefficient (Wildman–Crippen LogP) is 4.01. The van der Waals surface area contributed by atoms with Crippen molar-refractivity contribution in [2.75, 3.05) is 27.2 Å². The number of thiazole rings is 1. The van der Waals surface area contributed by atoms with Crippen LogP contribution in [0.1, 0.15) is 10.7 Å². The van der Waals surface area contributed by atoms with Crippen LogP contribution in [0, 0.1) is 5.82 Å². The second-order valence-electron chi connectivity index (χ2n) is 5.23. The zero-order valence-electron chi connectivity index (χ0n) is 14.6. The molecular formula is C16H19F4IN4OS. The summed E-state index contributed by atoms with van der Waals surface area (Å²) in [5.41, 5.74) is -0.902. The quantitative estimate of drug-likeness (QED) is 0.272. The van der Waals surface area contributed by atoms with Gasteiger partial charge in [-0.2, -0.15) is 13.2 Å². The van der Waals surface area contributed by atoms with Crippen molar-refractivity contribution in [2.45, 2.75) is 12.7 Å². The van der Waals surface area contributed by atoms with Gasteiger partial charge in [-0.15, -0.1) is 35.3 Å². The molecule has 150 valence electrons. The summed E-state index contributed by atoms with van der Waals surface area (Å²) in [6.07, 6.45) is -4.45. The Morgan fingerprint density at radius 1 is 1.33 bits per heavy atom. The lowest BCUT2D eigenvalue weighted by Gasteiger charge is -2.21. The number of benzene rings is 1. The fourth-order valence-electron chi connectivity index (χ4n) is 2.02. The van der Waals surface area contributed by atoms with Gasteiger partial charge in [-0.1, -0.05) is 12.1 Å². The van der Waals surface area contributed by atoms with Gasteiger partial charge in [-0.25, -0.2) is 9.37 Å². The lowest BCUT2D eigenvalue weighted by molar-refractivity contribution is -0.140. The van der Waals surface area contributed by atoms with Crippen molar-refractivity contribution in [3.8, 4) is 5.75 Å². The monoisotopic (exact) mass is 518 g/mol. The van der Waals surface area contributed by atoms with E-state index < -0.39 is 17.7 Å². The summed E-state index contributed by atoms with van der Waals surface area (Å²) in [4.78, 5) is 9.33. The van der Waals surface area contributed by atoms with E-state index in [1.807, 2.05) is 0 Å². The highest BCUT2D eigenvalue weighted by Gasteiger charge is 2.33. The molecule has 1 heterocycles. The molecule has 11 heteroatoms. The van der Waals surface area contributed by atoms with Crippen LogP contribution < -0.4 is 10.1 Å². The number of halogens is 5. The molecule has 0 amide bonds. The number of aromatic nitrogens is 1. The summed E-state index contributed by atoms with van der Waals surface area (Å²) in [6.45, 7) is 0.735. The molecule has 0 aliphatic heterocycles. The summed E-state index contributed by atoms with van der Waals surface area (Å²) in [6, 6.07) is 6.08. The molecule has 0 aliphatic rings. The molecule has 2 rings (SSSR count). The average Bonchev–Trinajstić information content (AvgIpc) is 3.06. The van der Waals surface area contributed by atoms with Crippen molar-refractivity contribution in [2.24, 2.45) is 4.99 Å². The van der Waals surface area contributed by atoms with Crippen LogP contribution in [-0.2, 0) is 12.7 Å². The molecule has 0 spiro atoms. The number of hydrogen-bond acceptors (Lipinski definition) is 4. The molecule has 0 saturated heterocycles. The molecule has 0 radical (unpaired) electrons. The highest BCUT2D eigenvalue weighted by molar-refractivity contribution is 14.0. The van der Waals surface area contributed by atoms with Gasteiger partial charge in [0.2, 0.25) is 0 Å². The minimum Gasteiger partial charge on any atom is -0.489 e. The van der Waals surface area contributed by atoms with Gasteiger partial charge in [0, 0.05) is 19.5 Å². The minimum atomic E-state index is -4.45. The number of para-hydroxylation sites is 1. The number of aliphatic imine (C=N–C) groups is 1. The van der Waals surface area contributed by atoms with Gasteiger partial charge in [0.25, 0.3) is 0 Å².